The minimum Gasteiger partial charge on any atom is -0.383 e. The highest BCUT2D eigenvalue weighted by Gasteiger charge is 2.22. The Hall–Kier alpha value is -1.85. The van der Waals surface area contributed by atoms with Gasteiger partial charge in [-0.05, 0) is 46.7 Å². The molecule has 2 aromatic rings. The zero-order valence-corrected chi connectivity index (χ0v) is 12.9. The maximum absolute atomic E-state index is 11.6. The first-order valence-corrected chi connectivity index (χ1v) is 7.87. The van der Waals surface area contributed by atoms with E-state index in [0.29, 0.717) is 6.54 Å². The van der Waals surface area contributed by atoms with Gasteiger partial charge in [0.25, 0.3) is 0 Å². The number of hydrogen-bond donors (Lipinski definition) is 2. The third-order valence-corrected chi connectivity index (χ3v) is 4.86. The zero-order valence-electron chi connectivity index (χ0n) is 12.1. The number of aryl methyl sites for hydroxylation is 1. The third kappa shape index (κ3) is 2.54. The summed E-state index contributed by atoms with van der Waals surface area (Å²) in [5.41, 5.74) is 3.92. The Labute approximate surface area is 128 Å². The first-order chi connectivity index (χ1) is 10.1. The van der Waals surface area contributed by atoms with Crippen LogP contribution in [0.15, 0.2) is 29.6 Å². The van der Waals surface area contributed by atoms with Crippen molar-refractivity contribution in [1.29, 1.82) is 0 Å². The van der Waals surface area contributed by atoms with Crippen molar-refractivity contribution in [1.82, 2.24) is 4.90 Å². The first kappa shape index (κ1) is 14.1. The molecule has 2 N–H and O–H groups in total. The molecule has 0 fully saturated rings. The van der Waals surface area contributed by atoms with Crippen LogP contribution in [0.2, 0.25) is 0 Å². The summed E-state index contributed by atoms with van der Waals surface area (Å²) >= 11 is 1.59. The second-order valence-electron chi connectivity index (χ2n) is 5.27. The van der Waals surface area contributed by atoms with E-state index in [-0.39, 0.29) is 6.03 Å². The summed E-state index contributed by atoms with van der Waals surface area (Å²) < 4.78 is 0. The van der Waals surface area contributed by atoms with Gasteiger partial charge in [0, 0.05) is 24.2 Å². The van der Waals surface area contributed by atoms with E-state index in [1.807, 2.05) is 23.6 Å². The Kier molecular flexibility index (Phi) is 3.69. The normalized spacial score (nSPS) is 15.6. The van der Waals surface area contributed by atoms with Crippen LogP contribution >= 0.6 is 11.3 Å². The molecule has 0 aliphatic carbocycles. The quantitative estimate of drug-likeness (QED) is 0.913. The van der Waals surface area contributed by atoms with Crippen molar-refractivity contribution in [3.8, 4) is 0 Å². The Bertz CT molecular complexity index is 681. The molecule has 3 rings (SSSR count). The van der Waals surface area contributed by atoms with Gasteiger partial charge < -0.3 is 15.3 Å². The van der Waals surface area contributed by atoms with Crippen LogP contribution < -0.4 is 5.32 Å². The zero-order chi connectivity index (χ0) is 15.0. The lowest BCUT2D eigenvalue weighted by molar-refractivity contribution is 0.217. The highest BCUT2D eigenvalue weighted by atomic mass is 32.1. The van der Waals surface area contributed by atoms with E-state index < -0.39 is 6.10 Å². The predicted molar refractivity (Wildman–Crippen MR) is 84.7 cm³/mol. The number of carbonyl (C=O) groups excluding carboxylic acids is 1. The molecule has 21 heavy (non-hydrogen) atoms. The number of carbonyl (C=O) groups is 1. The largest absolute Gasteiger partial charge is 0.383 e. The maximum Gasteiger partial charge on any atom is 0.321 e. The van der Waals surface area contributed by atoms with Crippen LogP contribution in [0.4, 0.5) is 10.5 Å². The topological polar surface area (TPSA) is 52.6 Å². The summed E-state index contributed by atoms with van der Waals surface area (Å²) in [5.74, 6) is 0. The van der Waals surface area contributed by atoms with Gasteiger partial charge in [-0.2, -0.15) is 0 Å². The number of urea groups is 1. The number of nitrogens with zero attached hydrogens (tertiary/aromatic N) is 1. The van der Waals surface area contributed by atoms with E-state index in [1.54, 1.807) is 23.3 Å². The number of rotatable bonds is 3. The lowest BCUT2D eigenvalue weighted by Crippen LogP contribution is -2.35. The van der Waals surface area contributed by atoms with Crippen LogP contribution in [0, 0.1) is 0 Å². The van der Waals surface area contributed by atoms with E-state index in [9.17, 15) is 9.90 Å². The average molecular weight is 302 g/mol. The van der Waals surface area contributed by atoms with Crippen molar-refractivity contribution in [3.05, 3.63) is 51.2 Å². The van der Waals surface area contributed by atoms with E-state index in [2.05, 4.69) is 18.3 Å². The number of anilines is 1. The van der Waals surface area contributed by atoms with Crippen molar-refractivity contribution in [2.45, 2.75) is 26.0 Å². The second-order valence-corrected chi connectivity index (χ2v) is 6.22. The van der Waals surface area contributed by atoms with Crippen molar-refractivity contribution >= 4 is 23.1 Å². The number of aliphatic hydroxyl groups excluding tert-OH is 1. The summed E-state index contributed by atoms with van der Waals surface area (Å²) in [6, 6.07) is 7.71. The molecule has 1 aliphatic heterocycles. The minimum absolute atomic E-state index is 0.0951. The summed E-state index contributed by atoms with van der Waals surface area (Å²) in [4.78, 5) is 14.2. The van der Waals surface area contributed by atoms with Crippen molar-refractivity contribution < 1.29 is 9.90 Å². The second kappa shape index (κ2) is 5.50. The molecule has 1 aromatic heterocycles. The number of hydrogen-bond acceptors (Lipinski definition) is 3. The van der Waals surface area contributed by atoms with Gasteiger partial charge in [-0.25, -0.2) is 4.79 Å². The highest BCUT2D eigenvalue weighted by molar-refractivity contribution is 7.10. The first-order valence-electron chi connectivity index (χ1n) is 6.99. The maximum atomic E-state index is 11.6. The number of amides is 2. The van der Waals surface area contributed by atoms with Crippen molar-refractivity contribution in [3.63, 3.8) is 0 Å². The van der Waals surface area contributed by atoms with E-state index in [1.165, 1.54) is 5.56 Å². The number of thiophene rings is 1. The van der Waals surface area contributed by atoms with Crippen molar-refractivity contribution in [2.75, 3.05) is 12.4 Å². The summed E-state index contributed by atoms with van der Waals surface area (Å²) in [6.45, 7) is 2.66. The van der Waals surface area contributed by atoms with E-state index >= 15 is 0 Å². The molecular weight excluding hydrogens is 284 g/mol. The molecule has 110 valence electrons. The monoisotopic (exact) mass is 302 g/mol. The Morgan fingerprint density at radius 3 is 3.00 bits per heavy atom. The van der Waals surface area contributed by atoms with Crippen LogP contribution in [-0.2, 0) is 13.0 Å². The summed E-state index contributed by atoms with van der Waals surface area (Å²) in [5, 5.41) is 15.5. The number of fused-ring (bicyclic) bond motifs is 1. The lowest BCUT2D eigenvalue weighted by atomic mass is 10.00. The summed E-state index contributed by atoms with van der Waals surface area (Å²) in [6.07, 6.45) is 0.313. The molecule has 0 saturated carbocycles. The standard InChI is InChI=1S/C16H18N2O2S/c1-3-10-6-7-21-15(10)14(19)11-4-5-13-12(8-11)9-18(2)16(20)17-13/h4-8,14,19H,3,9H2,1-2H3,(H,17,20). The van der Waals surface area contributed by atoms with Gasteiger partial charge in [0.15, 0.2) is 0 Å². The van der Waals surface area contributed by atoms with Gasteiger partial charge >= 0.3 is 6.03 Å². The fraction of sp³-hybridized carbons (Fsp3) is 0.312. The summed E-state index contributed by atoms with van der Waals surface area (Å²) in [7, 11) is 1.76. The molecule has 2 heterocycles. The van der Waals surface area contributed by atoms with Gasteiger partial charge in [-0.1, -0.05) is 13.0 Å². The van der Waals surface area contributed by atoms with Gasteiger partial charge in [0.05, 0.1) is 0 Å². The van der Waals surface area contributed by atoms with E-state index in [4.69, 9.17) is 0 Å². The molecule has 2 amide bonds. The lowest BCUT2D eigenvalue weighted by Gasteiger charge is -2.26. The molecule has 0 bridgehead atoms. The Balaban J connectivity index is 1.94. The number of nitrogens with one attached hydrogen (secondary N) is 1. The fourth-order valence-electron chi connectivity index (χ4n) is 2.61. The van der Waals surface area contributed by atoms with Crippen LogP contribution in [0.5, 0.6) is 0 Å². The Morgan fingerprint density at radius 1 is 1.43 bits per heavy atom. The molecule has 1 unspecified atom stereocenters. The molecule has 5 heteroatoms. The minimum atomic E-state index is -0.604. The van der Waals surface area contributed by atoms with Crippen LogP contribution in [-0.4, -0.2) is 23.1 Å². The van der Waals surface area contributed by atoms with Crippen LogP contribution in [0.25, 0.3) is 0 Å². The van der Waals surface area contributed by atoms with E-state index in [0.717, 1.165) is 28.1 Å². The van der Waals surface area contributed by atoms with Gasteiger partial charge in [-0.15, -0.1) is 11.3 Å². The third-order valence-electron chi connectivity index (χ3n) is 3.85. The van der Waals surface area contributed by atoms with Crippen LogP contribution in [0.3, 0.4) is 0 Å². The SMILES string of the molecule is CCc1ccsc1C(O)c1ccc2c(c1)CN(C)C(=O)N2. The molecule has 0 radical (unpaired) electrons. The van der Waals surface area contributed by atoms with Gasteiger partial charge in [0.2, 0.25) is 0 Å². The average Bonchev–Trinajstić information content (AvgIpc) is 2.95. The molecule has 1 aliphatic rings. The molecular formula is C16H18N2O2S. The van der Waals surface area contributed by atoms with Crippen molar-refractivity contribution in [2.24, 2.45) is 0 Å². The van der Waals surface area contributed by atoms with Gasteiger partial charge in [0.1, 0.15) is 6.10 Å². The molecule has 0 saturated heterocycles. The molecule has 4 nitrogen and oxygen atoms in total. The fourth-order valence-corrected chi connectivity index (χ4v) is 3.61. The number of benzene rings is 1. The van der Waals surface area contributed by atoms with Crippen LogP contribution in [0.1, 0.15) is 34.6 Å². The molecule has 1 atom stereocenters. The molecule has 0 spiro atoms. The highest BCUT2D eigenvalue weighted by Crippen LogP contribution is 2.33. The number of aliphatic hydroxyl groups is 1. The van der Waals surface area contributed by atoms with Gasteiger partial charge in [-0.3, -0.25) is 0 Å². The molecule has 1 aromatic carbocycles. The predicted octanol–water partition coefficient (Wildman–Crippen LogP) is 3.37. The smallest absolute Gasteiger partial charge is 0.321 e. The Morgan fingerprint density at radius 2 is 2.24 bits per heavy atom.